The van der Waals surface area contributed by atoms with Crippen LogP contribution in [0.1, 0.15) is 0 Å². The normalized spacial score (nSPS) is 0. The second-order valence-electron chi connectivity index (χ2n) is 0. The Morgan fingerprint density at radius 2 is 0.750 bits per heavy atom. The molecule has 0 nitrogen and oxygen atoms in total. The average molecular weight is 334 g/mol. The van der Waals surface area contributed by atoms with E-state index in [0.29, 0.717) is 0 Å². The maximum Gasteiger partial charge on any atom is 2.00 e. The van der Waals surface area contributed by atoms with E-state index in [4.69, 9.17) is 0 Å². The van der Waals surface area contributed by atoms with E-state index < -0.39 is 0 Å². The van der Waals surface area contributed by atoms with Crippen molar-refractivity contribution in [2.75, 3.05) is 0 Å². The van der Waals surface area contributed by atoms with Gasteiger partial charge in [-0.1, -0.05) is 0 Å². The van der Waals surface area contributed by atoms with Gasteiger partial charge in [-0.25, -0.2) is 0 Å². The third kappa shape index (κ3) is 8.94. The number of rotatable bonds is 0. The van der Waals surface area contributed by atoms with Crippen LogP contribution in [-0.4, -0.2) is 0 Å². The summed E-state index contributed by atoms with van der Waals surface area (Å²) in [5.41, 5.74) is 0. The Bertz CT molecular complexity index is 6.00. The molecule has 0 bridgehead atoms. The van der Waals surface area contributed by atoms with Crippen molar-refractivity contribution in [1.29, 1.82) is 0 Å². The zero-order chi connectivity index (χ0) is 0. The van der Waals surface area contributed by atoms with Gasteiger partial charge in [-0.2, -0.15) is 0 Å². The van der Waals surface area contributed by atoms with Gasteiger partial charge in [-0.3, -0.25) is 0 Å². The molecule has 0 aromatic carbocycles. The van der Waals surface area contributed by atoms with Crippen molar-refractivity contribution in [2.45, 2.75) is 0 Å². The SMILES string of the molecule is [CH3-].[I-].[I-].[Zn+2]. The number of hydrogen-bond donors (Lipinski definition) is 0. The fourth-order valence-corrected chi connectivity index (χ4v) is 0. The van der Waals surface area contributed by atoms with E-state index >= 15 is 0 Å². The summed E-state index contributed by atoms with van der Waals surface area (Å²) in [6.45, 7) is 0. The van der Waals surface area contributed by atoms with E-state index in [0.717, 1.165) is 0 Å². The van der Waals surface area contributed by atoms with Gasteiger partial charge in [0.25, 0.3) is 0 Å². The van der Waals surface area contributed by atoms with Crippen molar-refractivity contribution in [1.82, 2.24) is 0 Å². The van der Waals surface area contributed by atoms with Crippen LogP contribution in [0.3, 0.4) is 0 Å². The molecule has 3 heteroatoms. The van der Waals surface area contributed by atoms with Crippen molar-refractivity contribution in [3.8, 4) is 0 Å². The van der Waals surface area contributed by atoms with E-state index in [9.17, 15) is 0 Å². The molecule has 0 aromatic rings. The summed E-state index contributed by atoms with van der Waals surface area (Å²) in [4.78, 5) is 0. The van der Waals surface area contributed by atoms with Crippen LogP contribution in [0.4, 0.5) is 0 Å². The maximum absolute atomic E-state index is 0. The predicted octanol–water partition coefficient (Wildman–Crippen LogP) is -5.54. The fraction of sp³-hybridized carbons (Fsp3) is 0. The Hall–Kier alpha value is 2.08. The van der Waals surface area contributed by atoms with Crippen LogP contribution in [0.2, 0.25) is 0 Å². The van der Waals surface area contributed by atoms with Crippen LogP contribution in [-0.2, 0) is 19.5 Å². The van der Waals surface area contributed by atoms with Crippen molar-refractivity contribution in [3.63, 3.8) is 0 Å². The molecule has 4 heavy (non-hydrogen) atoms. The molecule has 0 amide bonds. The fourth-order valence-electron chi connectivity index (χ4n) is 0. The van der Waals surface area contributed by atoms with Crippen molar-refractivity contribution >= 4 is 0 Å². The van der Waals surface area contributed by atoms with Gasteiger partial charge in [0.2, 0.25) is 0 Å². The molecular formula is CH3I2Zn-. The monoisotopic (exact) mass is 333 g/mol. The van der Waals surface area contributed by atoms with E-state index in [-0.39, 0.29) is 74.9 Å². The molecule has 0 aliphatic carbocycles. The summed E-state index contributed by atoms with van der Waals surface area (Å²) in [5.74, 6) is 0. The molecule has 0 saturated carbocycles. The van der Waals surface area contributed by atoms with Gasteiger partial charge in [-0.05, 0) is 0 Å². The van der Waals surface area contributed by atoms with Gasteiger partial charge in [0.15, 0.2) is 0 Å². The van der Waals surface area contributed by atoms with Gasteiger partial charge in [-0.15, -0.1) is 0 Å². The molecule has 0 radical (unpaired) electrons. The summed E-state index contributed by atoms with van der Waals surface area (Å²) >= 11 is 0. The average Bonchev–Trinajstić information content (AvgIpc) is 0. The van der Waals surface area contributed by atoms with Crippen molar-refractivity contribution in [2.24, 2.45) is 0 Å². The van der Waals surface area contributed by atoms with Gasteiger partial charge in [0.05, 0.1) is 0 Å². The largest absolute Gasteiger partial charge is 2.00 e. The molecule has 0 spiro atoms. The molecule has 0 aliphatic rings. The van der Waals surface area contributed by atoms with E-state index in [1.165, 1.54) is 0 Å². The summed E-state index contributed by atoms with van der Waals surface area (Å²) < 4.78 is 0. The first kappa shape index (κ1) is 36.2. The predicted molar refractivity (Wildman–Crippen MR) is 6.41 cm³/mol. The first-order valence-electron chi connectivity index (χ1n) is 0. The Kier molecular flexibility index (Phi) is 177. The molecule has 0 aliphatic heterocycles. The van der Waals surface area contributed by atoms with Crippen LogP contribution in [0.5, 0.6) is 0 Å². The van der Waals surface area contributed by atoms with E-state index in [1.54, 1.807) is 0 Å². The van der Waals surface area contributed by atoms with Gasteiger partial charge in [0.1, 0.15) is 0 Å². The Balaban J connectivity index is 0. The Labute approximate surface area is 73.9 Å². The minimum absolute atomic E-state index is 0. The van der Waals surface area contributed by atoms with Crippen LogP contribution in [0.25, 0.3) is 0 Å². The second kappa shape index (κ2) is 19.5. The topological polar surface area (TPSA) is 0 Å². The number of hydrogen-bond acceptors (Lipinski definition) is 0. The molecule has 0 atom stereocenters. The van der Waals surface area contributed by atoms with E-state index in [1.807, 2.05) is 0 Å². The van der Waals surface area contributed by atoms with E-state index in [2.05, 4.69) is 0 Å². The zero-order valence-corrected chi connectivity index (χ0v) is 9.75. The zero-order valence-electron chi connectivity index (χ0n) is 2.46. The first-order chi connectivity index (χ1) is 0. The molecule has 0 N–H and O–H groups in total. The minimum Gasteiger partial charge on any atom is -1.00 e. The van der Waals surface area contributed by atoms with Crippen LogP contribution >= 0.6 is 0 Å². The van der Waals surface area contributed by atoms with Gasteiger partial charge >= 0.3 is 19.5 Å². The minimum atomic E-state index is 0. The third-order valence-electron chi connectivity index (χ3n) is 0. The Morgan fingerprint density at radius 1 is 0.750 bits per heavy atom. The number of halogens is 2. The molecular weight excluding hydrogens is 331 g/mol. The maximum atomic E-state index is 0. The smallest absolute Gasteiger partial charge is 1.00 e. The van der Waals surface area contributed by atoms with Crippen molar-refractivity contribution in [3.05, 3.63) is 7.43 Å². The Morgan fingerprint density at radius 3 is 0.750 bits per heavy atom. The quantitative estimate of drug-likeness (QED) is 0.236. The molecule has 24 valence electrons. The molecule has 0 heterocycles. The molecule has 0 aromatic heterocycles. The molecule has 0 rings (SSSR count). The van der Waals surface area contributed by atoms with Crippen LogP contribution in [0.15, 0.2) is 0 Å². The standard InChI is InChI=1S/CH3.2HI.Zn/h1H3;2*1H;/q-1;;;+2/p-2. The first-order valence-corrected chi connectivity index (χ1v) is 0. The molecule has 0 saturated heterocycles. The van der Waals surface area contributed by atoms with Crippen molar-refractivity contribution < 1.29 is 67.4 Å². The molecule has 0 fully saturated rings. The third-order valence-corrected chi connectivity index (χ3v) is 0. The van der Waals surface area contributed by atoms with Gasteiger partial charge in [0, 0.05) is 0 Å². The van der Waals surface area contributed by atoms with Gasteiger partial charge < -0.3 is 55.4 Å². The second-order valence-corrected chi connectivity index (χ2v) is 0. The van der Waals surface area contributed by atoms with Crippen LogP contribution in [0, 0.1) is 7.43 Å². The summed E-state index contributed by atoms with van der Waals surface area (Å²) in [6, 6.07) is 0. The summed E-state index contributed by atoms with van der Waals surface area (Å²) in [6.07, 6.45) is 0. The summed E-state index contributed by atoms with van der Waals surface area (Å²) in [5, 5.41) is 0. The molecule has 0 unspecified atom stereocenters. The summed E-state index contributed by atoms with van der Waals surface area (Å²) in [7, 11) is 0. The van der Waals surface area contributed by atoms with Crippen LogP contribution < -0.4 is 48.0 Å².